The van der Waals surface area contributed by atoms with Gasteiger partial charge < -0.3 is 10.0 Å². The van der Waals surface area contributed by atoms with Crippen LogP contribution < -0.4 is 4.90 Å². The lowest BCUT2D eigenvalue weighted by molar-refractivity contribution is -0.149. The van der Waals surface area contributed by atoms with Gasteiger partial charge in [0.25, 0.3) is 0 Å². The van der Waals surface area contributed by atoms with Gasteiger partial charge in [-0.2, -0.15) is 0 Å². The van der Waals surface area contributed by atoms with Gasteiger partial charge in [-0.15, -0.1) is 0 Å². The Morgan fingerprint density at radius 3 is 2.67 bits per heavy atom. The molecule has 0 radical (unpaired) electrons. The monoisotopic (exact) mass is 269 g/mol. The summed E-state index contributed by atoms with van der Waals surface area (Å²) in [5.41, 5.74) is 0.722. The highest BCUT2D eigenvalue weighted by Crippen LogP contribution is 2.32. The quantitative estimate of drug-likeness (QED) is 0.654. The van der Waals surface area contributed by atoms with Crippen LogP contribution in [0.2, 0.25) is 0 Å². The third kappa shape index (κ3) is 1.63. The second-order valence-corrected chi connectivity index (χ2v) is 4.15. The van der Waals surface area contributed by atoms with Crippen molar-refractivity contribution in [3.8, 4) is 0 Å². The van der Waals surface area contributed by atoms with Crippen molar-refractivity contribution in [1.29, 1.82) is 0 Å². The molecule has 1 aromatic carbocycles. The molecule has 1 fully saturated rings. The first-order chi connectivity index (χ1) is 7.11. The summed E-state index contributed by atoms with van der Waals surface area (Å²) >= 11 is 3.31. The van der Waals surface area contributed by atoms with Gasteiger partial charge in [0.05, 0.1) is 5.69 Å². The van der Waals surface area contributed by atoms with E-state index >= 15 is 0 Å². The SMILES string of the molecule is O=C(O)C1CN(c2ccccc2Br)C1=O. The number of benzene rings is 1. The predicted molar refractivity (Wildman–Crippen MR) is 57.6 cm³/mol. The van der Waals surface area contributed by atoms with Crippen molar-refractivity contribution in [2.75, 3.05) is 11.4 Å². The number of nitrogens with zero attached hydrogens (tertiary/aromatic N) is 1. The molecule has 1 atom stereocenters. The second kappa shape index (κ2) is 3.66. The highest BCUT2D eigenvalue weighted by Gasteiger charge is 2.43. The summed E-state index contributed by atoms with van der Waals surface area (Å²) in [5.74, 6) is -2.28. The molecule has 15 heavy (non-hydrogen) atoms. The number of carbonyl (C=O) groups is 2. The predicted octanol–water partition coefficient (Wildman–Crippen LogP) is 1.50. The van der Waals surface area contributed by atoms with Crippen LogP contribution in [0.5, 0.6) is 0 Å². The molecule has 0 spiro atoms. The normalized spacial score (nSPS) is 19.9. The molecule has 78 valence electrons. The van der Waals surface area contributed by atoms with Crippen molar-refractivity contribution in [3.05, 3.63) is 28.7 Å². The zero-order valence-electron chi connectivity index (χ0n) is 7.68. The van der Waals surface area contributed by atoms with Crippen LogP contribution in [0.4, 0.5) is 5.69 Å². The van der Waals surface area contributed by atoms with Gasteiger partial charge >= 0.3 is 5.97 Å². The maximum absolute atomic E-state index is 11.5. The Bertz CT molecular complexity index is 432. The van der Waals surface area contributed by atoms with E-state index in [9.17, 15) is 9.59 Å². The number of carbonyl (C=O) groups excluding carboxylic acids is 1. The van der Waals surface area contributed by atoms with Crippen LogP contribution >= 0.6 is 15.9 Å². The van der Waals surface area contributed by atoms with Gasteiger partial charge in [-0.05, 0) is 28.1 Å². The van der Waals surface area contributed by atoms with Crippen LogP contribution in [0.3, 0.4) is 0 Å². The highest BCUT2D eigenvalue weighted by molar-refractivity contribution is 9.10. The summed E-state index contributed by atoms with van der Waals surface area (Å²) in [6.07, 6.45) is 0. The molecule has 0 aromatic heterocycles. The molecule has 2 rings (SSSR count). The smallest absolute Gasteiger partial charge is 0.317 e. The van der Waals surface area contributed by atoms with E-state index in [2.05, 4.69) is 15.9 Å². The van der Waals surface area contributed by atoms with Crippen molar-refractivity contribution in [1.82, 2.24) is 0 Å². The first-order valence-corrected chi connectivity index (χ1v) is 5.19. The zero-order valence-corrected chi connectivity index (χ0v) is 9.27. The van der Waals surface area contributed by atoms with Crippen LogP contribution in [0, 0.1) is 5.92 Å². The summed E-state index contributed by atoms with van der Waals surface area (Å²) in [6.45, 7) is 0.247. The Kier molecular flexibility index (Phi) is 2.48. The summed E-state index contributed by atoms with van der Waals surface area (Å²) in [4.78, 5) is 23.5. The molecule has 0 bridgehead atoms. The van der Waals surface area contributed by atoms with Crippen molar-refractivity contribution in [2.24, 2.45) is 5.92 Å². The highest BCUT2D eigenvalue weighted by atomic mass is 79.9. The van der Waals surface area contributed by atoms with E-state index < -0.39 is 11.9 Å². The van der Waals surface area contributed by atoms with Crippen LogP contribution in [0.25, 0.3) is 0 Å². The zero-order chi connectivity index (χ0) is 11.0. The number of β-lactam (4-membered cyclic amide) rings is 1. The Morgan fingerprint density at radius 2 is 2.13 bits per heavy atom. The molecule has 1 aliphatic rings. The van der Waals surface area contributed by atoms with Gasteiger partial charge in [0.15, 0.2) is 5.92 Å². The number of rotatable bonds is 2. The van der Waals surface area contributed by atoms with Crippen molar-refractivity contribution >= 4 is 33.5 Å². The maximum Gasteiger partial charge on any atom is 0.317 e. The maximum atomic E-state index is 11.5. The number of para-hydroxylation sites is 1. The molecule has 0 saturated carbocycles. The standard InChI is InChI=1S/C10H8BrNO3/c11-7-3-1-2-4-8(7)12-5-6(9(12)13)10(14)15/h1-4,6H,5H2,(H,14,15). The minimum Gasteiger partial charge on any atom is -0.481 e. The van der Waals surface area contributed by atoms with E-state index in [0.717, 1.165) is 10.2 Å². The van der Waals surface area contributed by atoms with Crippen molar-refractivity contribution in [2.45, 2.75) is 0 Å². The minimum atomic E-state index is -1.05. The number of carboxylic acid groups (broad SMARTS) is 1. The average Bonchev–Trinajstić information content (AvgIpc) is 2.18. The molecule has 1 saturated heterocycles. The third-order valence-electron chi connectivity index (χ3n) is 2.37. The molecule has 1 aromatic rings. The molecule has 0 aliphatic carbocycles. The Balaban J connectivity index is 2.20. The molecule has 5 heteroatoms. The molecule has 1 amide bonds. The second-order valence-electron chi connectivity index (χ2n) is 3.29. The third-order valence-corrected chi connectivity index (χ3v) is 3.04. The molecular weight excluding hydrogens is 262 g/mol. The molecule has 1 heterocycles. The number of anilines is 1. The minimum absolute atomic E-state index is 0.247. The Labute approximate surface area is 94.6 Å². The van der Waals surface area contributed by atoms with Gasteiger partial charge in [0.1, 0.15) is 0 Å². The lowest BCUT2D eigenvalue weighted by Crippen LogP contribution is -2.56. The summed E-state index contributed by atoms with van der Waals surface area (Å²) < 4.78 is 0.794. The molecule has 4 nitrogen and oxygen atoms in total. The van der Waals surface area contributed by atoms with Gasteiger partial charge in [-0.1, -0.05) is 12.1 Å². The van der Waals surface area contributed by atoms with Gasteiger partial charge in [-0.25, -0.2) is 0 Å². The first-order valence-electron chi connectivity index (χ1n) is 4.40. The van der Waals surface area contributed by atoms with E-state index in [0.29, 0.717) is 0 Å². The molecule has 1 N–H and O–H groups in total. The number of hydrogen-bond acceptors (Lipinski definition) is 2. The fraction of sp³-hybridized carbons (Fsp3) is 0.200. The molecule has 1 aliphatic heterocycles. The van der Waals surface area contributed by atoms with E-state index in [-0.39, 0.29) is 12.5 Å². The van der Waals surface area contributed by atoms with Crippen molar-refractivity contribution < 1.29 is 14.7 Å². The number of amides is 1. The van der Waals surface area contributed by atoms with Gasteiger partial charge in [0.2, 0.25) is 5.91 Å². The molecule has 1 unspecified atom stereocenters. The van der Waals surface area contributed by atoms with Crippen molar-refractivity contribution in [3.63, 3.8) is 0 Å². The number of carboxylic acids is 1. The lowest BCUT2D eigenvalue weighted by atomic mass is 9.98. The van der Waals surface area contributed by atoms with Crippen LogP contribution in [-0.4, -0.2) is 23.5 Å². The first kappa shape index (κ1) is 10.2. The molecular formula is C10H8BrNO3. The average molecular weight is 270 g/mol. The topological polar surface area (TPSA) is 57.6 Å². The fourth-order valence-electron chi connectivity index (χ4n) is 1.50. The lowest BCUT2D eigenvalue weighted by Gasteiger charge is -2.36. The van der Waals surface area contributed by atoms with E-state index in [1.165, 1.54) is 4.90 Å². The van der Waals surface area contributed by atoms with Crippen LogP contribution in [0.15, 0.2) is 28.7 Å². The van der Waals surface area contributed by atoms with Crippen LogP contribution in [-0.2, 0) is 9.59 Å². The summed E-state index contributed by atoms with van der Waals surface area (Å²) in [6, 6.07) is 7.24. The number of aliphatic carboxylic acids is 1. The fourth-order valence-corrected chi connectivity index (χ4v) is 2.00. The van der Waals surface area contributed by atoms with E-state index in [1.807, 2.05) is 18.2 Å². The number of hydrogen-bond donors (Lipinski definition) is 1. The van der Waals surface area contributed by atoms with E-state index in [4.69, 9.17) is 5.11 Å². The van der Waals surface area contributed by atoms with Gasteiger partial charge in [0, 0.05) is 11.0 Å². The van der Waals surface area contributed by atoms with Crippen LogP contribution in [0.1, 0.15) is 0 Å². The number of halogens is 1. The summed E-state index contributed by atoms with van der Waals surface area (Å²) in [7, 11) is 0. The van der Waals surface area contributed by atoms with Gasteiger partial charge in [-0.3, -0.25) is 9.59 Å². The Hall–Kier alpha value is -1.36. The Morgan fingerprint density at radius 1 is 1.47 bits per heavy atom. The van der Waals surface area contributed by atoms with E-state index in [1.54, 1.807) is 6.07 Å². The largest absolute Gasteiger partial charge is 0.481 e. The summed E-state index contributed by atoms with van der Waals surface area (Å²) in [5, 5.41) is 8.68.